The molecule has 0 spiro atoms. The van der Waals surface area contributed by atoms with Crippen molar-refractivity contribution in [3.8, 4) is 5.75 Å². The van der Waals surface area contributed by atoms with E-state index >= 15 is 0 Å². The van der Waals surface area contributed by atoms with Gasteiger partial charge in [0.15, 0.2) is 11.0 Å². The summed E-state index contributed by atoms with van der Waals surface area (Å²) in [5, 5.41) is 12.6. The zero-order valence-corrected chi connectivity index (χ0v) is 17.6. The number of nitrogens with zero attached hydrogens (tertiary/aromatic N) is 3. The molecule has 2 aromatic carbocycles. The molecule has 0 aliphatic heterocycles. The Bertz CT molecular complexity index is 974. The summed E-state index contributed by atoms with van der Waals surface area (Å²) in [6.07, 6.45) is 0. The van der Waals surface area contributed by atoms with E-state index < -0.39 is 0 Å². The molecule has 0 saturated heterocycles. The predicted molar refractivity (Wildman–Crippen MR) is 112 cm³/mol. The van der Waals surface area contributed by atoms with Crippen molar-refractivity contribution >= 4 is 46.6 Å². The maximum absolute atomic E-state index is 12.2. The van der Waals surface area contributed by atoms with Gasteiger partial charge >= 0.3 is 0 Å². The highest BCUT2D eigenvalue weighted by molar-refractivity contribution is 7.99. The molecular formula is C19H18Cl2N4O2S. The van der Waals surface area contributed by atoms with Crippen LogP contribution in [-0.4, -0.2) is 26.4 Å². The minimum absolute atomic E-state index is 0.175. The standard InChI is InChI=1S/C19H18Cl2N4O2S/c1-12-4-3-5-16(6-12)27-10-17-23-24-19(25(17)2)28-11-18(26)22-15-8-13(20)7-14(21)9-15/h3-9H,10-11H2,1-2H3,(H,22,26). The maximum atomic E-state index is 12.2. The Balaban J connectivity index is 1.54. The summed E-state index contributed by atoms with van der Waals surface area (Å²) in [6, 6.07) is 12.7. The molecule has 3 rings (SSSR count). The van der Waals surface area contributed by atoms with Gasteiger partial charge in [0.1, 0.15) is 12.4 Å². The van der Waals surface area contributed by atoms with Crippen LogP contribution in [0, 0.1) is 6.92 Å². The molecule has 0 aliphatic carbocycles. The molecule has 28 heavy (non-hydrogen) atoms. The number of ether oxygens (including phenoxy) is 1. The van der Waals surface area contributed by atoms with Gasteiger partial charge in [-0.25, -0.2) is 0 Å². The summed E-state index contributed by atoms with van der Waals surface area (Å²) in [5.41, 5.74) is 1.67. The van der Waals surface area contributed by atoms with Crippen molar-refractivity contribution in [1.29, 1.82) is 0 Å². The van der Waals surface area contributed by atoms with Crippen LogP contribution in [-0.2, 0) is 18.4 Å². The lowest BCUT2D eigenvalue weighted by Gasteiger charge is -2.08. The van der Waals surface area contributed by atoms with E-state index in [0.29, 0.717) is 33.3 Å². The third kappa shape index (κ3) is 5.64. The van der Waals surface area contributed by atoms with E-state index in [1.807, 2.05) is 42.8 Å². The largest absolute Gasteiger partial charge is 0.486 e. The van der Waals surface area contributed by atoms with Gasteiger partial charge in [0, 0.05) is 22.8 Å². The van der Waals surface area contributed by atoms with Gasteiger partial charge in [-0.3, -0.25) is 4.79 Å². The highest BCUT2D eigenvalue weighted by Gasteiger charge is 2.12. The molecule has 1 heterocycles. The van der Waals surface area contributed by atoms with Gasteiger partial charge in [0.05, 0.1) is 5.75 Å². The Morgan fingerprint density at radius 2 is 1.93 bits per heavy atom. The number of benzene rings is 2. The third-order valence-corrected chi connectivity index (χ3v) is 5.22. The van der Waals surface area contributed by atoms with E-state index in [1.165, 1.54) is 11.8 Å². The van der Waals surface area contributed by atoms with Crippen molar-refractivity contribution in [2.24, 2.45) is 7.05 Å². The number of aromatic nitrogens is 3. The smallest absolute Gasteiger partial charge is 0.234 e. The molecule has 0 saturated carbocycles. The number of amides is 1. The minimum Gasteiger partial charge on any atom is -0.486 e. The number of aryl methyl sites for hydroxylation is 1. The molecule has 3 aromatic rings. The van der Waals surface area contributed by atoms with Gasteiger partial charge in [0.25, 0.3) is 0 Å². The van der Waals surface area contributed by atoms with Crippen molar-refractivity contribution in [2.75, 3.05) is 11.1 Å². The quantitative estimate of drug-likeness (QED) is 0.541. The third-order valence-electron chi connectivity index (χ3n) is 3.76. The van der Waals surface area contributed by atoms with Crippen molar-refractivity contribution in [2.45, 2.75) is 18.7 Å². The van der Waals surface area contributed by atoms with Gasteiger partial charge in [-0.15, -0.1) is 10.2 Å². The molecule has 1 N–H and O–H groups in total. The van der Waals surface area contributed by atoms with Crippen LogP contribution in [0.3, 0.4) is 0 Å². The molecule has 0 atom stereocenters. The van der Waals surface area contributed by atoms with Gasteiger partial charge in [0.2, 0.25) is 5.91 Å². The number of carbonyl (C=O) groups is 1. The van der Waals surface area contributed by atoms with E-state index in [2.05, 4.69) is 15.5 Å². The SMILES string of the molecule is Cc1cccc(OCc2nnc(SCC(=O)Nc3cc(Cl)cc(Cl)c3)n2C)c1. The zero-order valence-electron chi connectivity index (χ0n) is 15.3. The molecule has 1 aromatic heterocycles. The molecule has 9 heteroatoms. The van der Waals surface area contributed by atoms with Crippen molar-refractivity contribution < 1.29 is 9.53 Å². The zero-order chi connectivity index (χ0) is 20.1. The van der Waals surface area contributed by atoms with Gasteiger partial charge in [-0.1, -0.05) is 47.1 Å². The van der Waals surface area contributed by atoms with Crippen LogP contribution in [0.15, 0.2) is 47.6 Å². The average molecular weight is 437 g/mol. The van der Waals surface area contributed by atoms with Crippen LogP contribution in [0.4, 0.5) is 5.69 Å². The number of hydrogen-bond donors (Lipinski definition) is 1. The fraction of sp³-hybridized carbons (Fsp3) is 0.211. The van der Waals surface area contributed by atoms with E-state index in [0.717, 1.165) is 11.3 Å². The first-order valence-electron chi connectivity index (χ1n) is 8.37. The van der Waals surface area contributed by atoms with E-state index in [9.17, 15) is 4.79 Å². The number of thioether (sulfide) groups is 1. The van der Waals surface area contributed by atoms with Crippen LogP contribution in [0.1, 0.15) is 11.4 Å². The Morgan fingerprint density at radius 3 is 2.64 bits per heavy atom. The average Bonchev–Trinajstić information content (AvgIpc) is 2.97. The van der Waals surface area contributed by atoms with Crippen LogP contribution in [0.5, 0.6) is 5.75 Å². The summed E-state index contributed by atoms with van der Waals surface area (Å²) in [5.74, 6) is 1.43. The van der Waals surface area contributed by atoms with Gasteiger partial charge < -0.3 is 14.6 Å². The fourth-order valence-electron chi connectivity index (χ4n) is 2.40. The van der Waals surface area contributed by atoms with E-state index in [-0.39, 0.29) is 11.7 Å². The molecular weight excluding hydrogens is 419 g/mol. The summed E-state index contributed by atoms with van der Waals surface area (Å²) >= 11 is 13.2. The minimum atomic E-state index is -0.191. The topological polar surface area (TPSA) is 69.0 Å². The van der Waals surface area contributed by atoms with Crippen molar-refractivity contribution in [3.05, 3.63) is 63.9 Å². The van der Waals surface area contributed by atoms with Crippen LogP contribution in [0.25, 0.3) is 0 Å². The molecule has 6 nitrogen and oxygen atoms in total. The van der Waals surface area contributed by atoms with Crippen LogP contribution in [0.2, 0.25) is 10.0 Å². The maximum Gasteiger partial charge on any atom is 0.234 e. The van der Waals surface area contributed by atoms with Crippen LogP contribution < -0.4 is 10.1 Å². The normalized spacial score (nSPS) is 10.7. The second kappa shape index (κ2) is 9.32. The van der Waals surface area contributed by atoms with Gasteiger partial charge in [-0.05, 0) is 42.8 Å². The summed E-state index contributed by atoms with van der Waals surface area (Å²) in [6.45, 7) is 2.30. The molecule has 0 unspecified atom stereocenters. The van der Waals surface area contributed by atoms with Crippen molar-refractivity contribution in [3.63, 3.8) is 0 Å². The Kier molecular flexibility index (Phi) is 6.83. The number of halogens is 2. The number of carbonyl (C=O) groups excluding carboxylic acids is 1. The van der Waals surface area contributed by atoms with Gasteiger partial charge in [-0.2, -0.15) is 0 Å². The molecule has 0 aliphatic rings. The fourth-order valence-corrected chi connectivity index (χ4v) is 3.66. The number of rotatable bonds is 7. The summed E-state index contributed by atoms with van der Waals surface area (Å²) in [7, 11) is 1.84. The molecule has 146 valence electrons. The lowest BCUT2D eigenvalue weighted by atomic mass is 10.2. The monoisotopic (exact) mass is 436 g/mol. The number of anilines is 1. The number of hydrogen-bond acceptors (Lipinski definition) is 5. The molecule has 0 radical (unpaired) electrons. The second-order valence-electron chi connectivity index (χ2n) is 6.06. The first-order valence-corrected chi connectivity index (χ1v) is 10.1. The Morgan fingerprint density at radius 1 is 1.18 bits per heavy atom. The molecule has 1 amide bonds. The lowest BCUT2D eigenvalue weighted by Crippen LogP contribution is -2.14. The Labute approximate surface area is 177 Å². The molecule has 0 fully saturated rings. The number of nitrogens with one attached hydrogen (secondary N) is 1. The Hall–Kier alpha value is -2.22. The predicted octanol–water partition coefficient (Wildman–Crippen LogP) is 4.74. The summed E-state index contributed by atoms with van der Waals surface area (Å²) in [4.78, 5) is 12.2. The van der Waals surface area contributed by atoms with E-state index in [4.69, 9.17) is 27.9 Å². The second-order valence-corrected chi connectivity index (χ2v) is 7.87. The highest BCUT2D eigenvalue weighted by Crippen LogP contribution is 2.23. The molecule has 0 bridgehead atoms. The lowest BCUT2D eigenvalue weighted by molar-refractivity contribution is -0.113. The van der Waals surface area contributed by atoms with Crippen molar-refractivity contribution in [1.82, 2.24) is 14.8 Å². The highest BCUT2D eigenvalue weighted by atomic mass is 35.5. The van der Waals surface area contributed by atoms with Crippen LogP contribution >= 0.6 is 35.0 Å². The summed E-state index contributed by atoms with van der Waals surface area (Å²) < 4.78 is 7.57. The first kappa shape index (κ1) is 20.5. The first-order chi connectivity index (χ1) is 13.4. The van der Waals surface area contributed by atoms with E-state index in [1.54, 1.807) is 18.2 Å².